The summed E-state index contributed by atoms with van der Waals surface area (Å²) in [5, 5.41) is 5.92. The van der Waals surface area contributed by atoms with E-state index in [2.05, 4.69) is 35.4 Å². The summed E-state index contributed by atoms with van der Waals surface area (Å²) in [5.41, 5.74) is 2.92. The van der Waals surface area contributed by atoms with Crippen molar-refractivity contribution in [3.63, 3.8) is 0 Å². The summed E-state index contributed by atoms with van der Waals surface area (Å²) in [7, 11) is 0. The lowest BCUT2D eigenvalue weighted by molar-refractivity contribution is -0.136. The maximum atomic E-state index is 13.0. The molecule has 0 bridgehead atoms. The van der Waals surface area contributed by atoms with Crippen molar-refractivity contribution in [1.82, 2.24) is 20.4 Å². The second-order valence-corrected chi connectivity index (χ2v) is 9.13. The van der Waals surface area contributed by atoms with Gasteiger partial charge in [0.05, 0.1) is 0 Å². The summed E-state index contributed by atoms with van der Waals surface area (Å²) < 4.78 is 0. The Hall–Kier alpha value is -2.25. The molecule has 3 aliphatic heterocycles. The Bertz CT molecular complexity index is 830. The molecule has 0 saturated carbocycles. The number of hydrogen-bond acceptors (Lipinski definition) is 5. The van der Waals surface area contributed by atoms with Crippen molar-refractivity contribution in [2.45, 2.75) is 64.7 Å². The van der Waals surface area contributed by atoms with Gasteiger partial charge in [0.1, 0.15) is 6.04 Å². The zero-order chi connectivity index (χ0) is 21.3. The molecule has 0 aliphatic carbocycles. The van der Waals surface area contributed by atoms with E-state index in [-0.39, 0.29) is 24.1 Å². The van der Waals surface area contributed by atoms with E-state index in [9.17, 15) is 14.4 Å². The Kier molecular flexibility index (Phi) is 6.20. The maximum absolute atomic E-state index is 13.0. The number of nitrogens with zero attached hydrogens (tertiary/aromatic N) is 2. The van der Waals surface area contributed by atoms with Gasteiger partial charge in [-0.05, 0) is 62.0 Å². The third-order valence-electron chi connectivity index (χ3n) is 6.59. The van der Waals surface area contributed by atoms with E-state index < -0.39 is 6.04 Å². The largest absolute Gasteiger partial charge is 0.322 e. The third kappa shape index (κ3) is 4.42. The smallest absolute Gasteiger partial charge is 0.255 e. The first-order valence-electron chi connectivity index (χ1n) is 11.1. The van der Waals surface area contributed by atoms with Gasteiger partial charge in [0.2, 0.25) is 11.8 Å². The first-order chi connectivity index (χ1) is 14.4. The van der Waals surface area contributed by atoms with Crippen LogP contribution in [-0.4, -0.2) is 59.2 Å². The molecule has 2 N–H and O–H groups in total. The van der Waals surface area contributed by atoms with Gasteiger partial charge in [0.25, 0.3) is 5.91 Å². The molecule has 1 aromatic carbocycles. The van der Waals surface area contributed by atoms with Crippen molar-refractivity contribution in [1.29, 1.82) is 0 Å². The van der Waals surface area contributed by atoms with Crippen molar-refractivity contribution in [3.8, 4) is 0 Å². The average Bonchev–Trinajstić information content (AvgIpc) is 3.05. The number of amides is 3. The number of carbonyl (C=O) groups is 3. The molecule has 2 fully saturated rings. The number of piperidine rings is 2. The minimum absolute atomic E-state index is 0.0974. The summed E-state index contributed by atoms with van der Waals surface area (Å²) in [6.07, 6.45) is 3.06. The number of imide groups is 1. The number of benzene rings is 1. The van der Waals surface area contributed by atoms with E-state index in [1.807, 2.05) is 12.1 Å². The van der Waals surface area contributed by atoms with Crippen LogP contribution >= 0.6 is 0 Å². The highest BCUT2D eigenvalue weighted by molar-refractivity contribution is 6.05. The van der Waals surface area contributed by atoms with Crippen LogP contribution in [0.1, 0.15) is 61.0 Å². The Labute approximate surface area is 178 Å². The summed E-state index contributed by atoms with van der Waals surface area (Å²) in [4.78, 5) is 40.8. The predicted octanol–water partition coefficient (Wildman–Crippen LogP) is 1.66. The van der Waals surface area contributed by atoms with Crippen LogP contribution in [0.5, 0.6) is 0 Å². The maximum Gasteiger partial charge on any atom is 0.255 e. The van der Waals surface area contributed by atoms with Gasteiger partial charge >= 0.3 is 0 Å². The lowest BCUT2D eigenvalue weighted by atomic mass is 9.95. The average molecular weight is 413 g/mol. The van der Waals surface area contributed by atoms with E-state index in [0.29, 0.717) is 24.6 Å². The quantitative estimate of drug-likeness (QED) is 0.695. The zero-order valence-corrected chi connectivity index (χ0v) is 17.9. The molecule has 0 spiro atoms. The van der Waals surface area contributed by atoms with Crippen molar-refractivity contribution in [2.75, 3.05) is 19.6 Å². The van der Waals surface area contributed by atoms with Crippen LogP contribution in [0.3, 0.4) is 0 Å². The minimum Gasteiger partial charge on any atom is -0.322 e. The van der Waals surface area contributed by atoms with Crippen LogP contribution in [0.4, 0.5) is 0 Å². The normalized spacial score (nSPS) is 23.2. The highest BCUT2D eigenvalue weighted by Gasteiger charge is 2.39. The second-order valence-electron chi connectivity index (χ2n) is 9.13. The molecule has 7 heteroatoms. The van der Waals surface area contributed by atoms with Crippen LogP contribution in [0.15, 0.2) is 18.2 Å². The predicted molar refractivity (Wildman–Crippen MR) is 114 cm³/mol. The summed E-state index contributed by atoms with van der Waals surface area (Å²) in [6, 6.07) is 5.88. The molecule has 1 unspecified atom stereocenters. The molecule has 3 amide bonds. The van der Waals surface area contributed by atoms with Gasteiger partial charge in [-0.3, -0.25) is 24.6 Å². The number of likely N-dealkylation sites (tertiary alicyclic amines) is 1. The van der Waals surface area contributed by atoms with Crippen LogP contribution < -0.4 is 10.6 Å². The standard InChI is InChI=1S/C23H32N4O3/c1-15(2)24-12-16-8-10-26(11-9-16)13-17-4-3-5-18-19(17)14-27(23(18)30)20-6-7-21(28)25-22(20)29/h3-5,15-16,20,24H,6-14H2,1-2H3,(H,25,28,29). The van der Waals surface area contributed by atoms with Crippen LogP contribution in [0, 0.1) is 5.92 Å². The highest BCUT2D eigenvalue weighted by Crippen LogP contribution is 2.31. The zero-order valence-electron chi connectivity index (χ0n) is 17.9. The molecule has 1 aromatic rings. The first kappa shape index (κ1) is 21.0. The molecule has 1 atom stereocenters. The van der Waals surface area contributed by atoms with Gasteiger partial charge in [-0.15, -0.1) is 0 Å². The lowest BCUT2D eigenvalue weighted by Crippen LogP contribution is -2.52. The van der Waals surface area contributed by atoms with Gasteiger partial charge in [0.15, 0.2) is 0 Å². The Morgan fingerprint density at radius 1 is 1.13 bits per heavy atom. The van der Waals surface area contributed by atoms with E-state index in [1.54, 1.807) is 4.90 Å². The number of fused-ring (bicyclic) bond motifs is 1. The third-order valence-corrected chi connectivity index (χ3v) is 6.59. The highest BCUT2D eigenvalue weighted by atomic mass is 16.2. The number of carbonyl (C=O) groups excluding carboxylic acids is 3. The van der Waals surface area contributed by atoms with Gasteiger partial charge in [0, 0.05) is 31.1 Å². The lowest BCUT2D eigenvalue weighted by Gasteiger charge is -2.33. The molecule has 2 saturated heterocycles. The number of nitrogens with one attached hydrogen (secondary N) is 2. The van der Waals surface area contributed by atoms with Gasteiger partial charge < -0.3 is 10.2 Å². The number of hydrogen-bond donors (Lipinski definition) is 2. The van der Waals surface area contributed by atoms with E-state index >= 15 is 0 Å². The second kappa shape index (κ2) is 8.86. The molecule has 162 valence electrons. The van der Waals surface area contributed by atoms with Crippen molar-refractivity contribution >= 4 is 17.7 Å². The number of rotatable bonds is 6. The van der Waals surface area contributed by atoms with E-state index in [4.69, 9.17) is 0 Å². The van der Waals surface area contributed by atoms with E-state index in [1.165, 1.54) is 18.4 Å². The summed E-state index contributed by atoms with van der Waals surface area (Å²) in [6.45, 7) is 8.88. The minimum atomic E-state index is -0.556. The van der Waals surface area contributed by atoms with Gasteiger partial charge in [-0.1, -0.05) is 26.0 Å². The Morgan fingerprint density at radius 3 is 2.60 bits per heavy atom. The molecular formula is C23H32N4O3. The van der Waals surface area contributed by atoms with Crippen LogP contribution in [0.2, 0.25) is 0 Å². The molecule has 3 heterocycles. The fourth-order valence-electron chi connectivity index (χ4n) is 4.79. The molecule has 0 radical (unpaired) electrons. The SMILES string of the molecule is CC(C)NCC1CCN(Cc2cccc3c2CN(C2CCC(=O)NC2=O)C3=O)CC1. The fraction of sp³-hybridized carbons (Fsp3) is 0.609. The summed E-state index contributed by atoms with van der Waals surface area (Å²) >= 11 is 0. The monoisotopic (exact) mass is 412 g/mol. The van der Waals surface area contributed by atoms with E-state index in [0.717, 1.165) is 37.7 Å². The van der Waals surface area contributed by atoms with Gasteiger partial charge in [-0.25, -0.2) is 0 Å². The molecular weight excluding hydrogens is 380 g/mol. The molecule has 4 rings (SSSR count). The van der Waals surface area contributed by atoms with Crippen LogP contribution in [-0.2, 0) is 22.7 Å². The first-order valence-corrected chi connectivity index (χ1v) is 11.1. The van der Waals surface area contributed by atoms with Crippen molar-refractivity contribution in [3.05, 3.63) is 34.9 Å². The summed E-state index contributed by atoms with van der Waals surface area (Å²) in [5.74, 6) is 0.0219. The molecule has 7 nitrogen and oxygen atoms in total. The Morgan fingerprint density at radius 2 is 1.90 bits per heavy atom. The van der Waals surface area contributed by atoms with Crippen LogP contribution in [0.25, 0.3) is 0 Å². The van der Waals surface area contributed by atoms with Crippen molar-refractivity contribution in [2.24, 2.45) is 5.92 Å². The molecule has 3 aliphatic rings. The van der Waals surface area contributed by atoms with Crippen molar-refractivity contribution < 1.29 is 14.4 Å². The fourth-order valence-corrected chi connectivity index (χ4v) is 4.79. The topological polar surface area (TPSA) is 81.8 Å². The Balaban J connectivity index is 1.40. The molecule has 30 heavy (non-hydrogen) atoms. The molecule has 0 aromatic heterocycles. The van der Waals surface area contributed by atoms with Gasteiger partial charge in [-0.2, -0.15) is 0 Å².